The van der Waals surface area contributed by atoms with Crippen molar-refractivity contribution in [1.82, 2.24) is 9.88 Å². The number of halogens is 1. The molecule has 0 saturated heterocycles. The summed E-state index contributed by atoms with van der Waals surface area (Å²) in [5, 5.41) is 0.648. The molecule has 0 aliphatic heterocycles. The van der Waals surface area contributed by atoms with E-state index in [-0.39, 0.29) is 12.4 Å². The largest absolute Gasteiger partial charge is 0.375 e. The first-order chi connectivity index (χ1) is 7.63. The summed E-state index contributed by atoms with van der Waals surface area (Å²) in [4.78, 5) is 10.3. The third-order valence-corrected chi connectivity index (χ3v) is 4.02. The first-order valence-corrected chi connectivity index (χ1v) is 6.71. The predicted molar refractivity (Wildman–Crippen MR) is 78.0 cm³/mol. The van der Waals surface area contributed by atoms with Crippen LogP contribution in [0.5, 0.6) is 0 Å². The molecule has 0 saturated carbocycles. The molecular weight excluding hydrogens is 274 g/mol. The molecular formula is C11H16ClN3S2. The zero-order valence-electron chi connectivity index (χ0n) is 9.84. The van der Waals surface area contributed by atoms with Crippen molar-refractivity contribution in [2.75, 3.05) is 12.8 Å². The van der Waals surface area contributed by atoms with Gasteiger partial charge in [-0.1, -0.05) is 0 Å². The molecule has 0 aliphatic carbocycles. The topological polar surface area (TPSA) is 42.2 Å². The monoisotopic (exact) mass is 289 g/mol. The van der Waals surface area contributed by atoms with E-state index in [1.54, 1.807) is 11.3 Å². The molecule has 0 atom stereocenters. The van der Waals surface area contributed by atoms with Crippen molar-refractivity contribution < 1.29 is 0 Å². The fourth-order valence-electron chi connectivity index (χ4n) is 1.55. The number of hydrogen-bond acceptors (Lipinski definition) is 5. The summed E-state index contributed by atoms with van der Waals surface area (Å²) in [7, 11) is 2.12. The molecule has 0 unspecified atom stereocenters. The maximum atomic E-state index is 5.60. The van der Waals surface area contributed by atoms with E-state index in [2.05, 4.69) is 36.0 Å². The molecule has 2 heterocycles. The number of aromatic nitrogens is 1. The number of aryl methyl sites for hydroxylation is 1. The lowest BCUT2D eigenvalue weighted by Crippen LogP contribution is -2.15. The summed E-state index contributed by atoms with van der Waals surface area (Å²) >= 11 is 3.41. The lowest BCUT2D eigenvalue weighted by Gasteiger charge is -2.13. The summed E-state index contributed by atoms with van der Waals surface area (Å²) in [5.74, 6) is 0. The molecule has 6 heteroatoms. The van der Waals surface area contributed by atoms with E-state index < -0.39 is 0 Å². The molecule has 0 aliphatic rings. The van der Waals surface area contributed by atoms with Crippen LogP contribution in [0.25, 0.3) is 0 Å². The van der Waals surface area contributed by atoms with E-state index in [1.165, 1.54) is 14.6 Å². The fourth-order valence-corrected chi connectivity index (χ4v) is 3.29. The molecule has 2 N–H and O–H groups in total. The first kappa shape index (κ1) is 14.4. The van der Waals surface area contributed by atoms with Gasteiger partial charge in [0.15, 0.2) is 5.13 Å². The number of nitrogens with zero attached hydrogens (tertiary/aromatic N) is 2. The SMILES string of the molecule is Cc1ccc(CN(C)Cc2cnc(N)s2)s1.Cl. The fraction of sp³-hybridized carbons (Fsp3) is 0.364. The van der Waals surface area contributed by atoms with Gasteiger partial charge in [-0.2, -0.15) is 0 Å². The molecule has 0 amide bonds. The van der Waals surface area contributed by atoms with Crippen LogP contribution in [0.15, 0.2) is 18.3 Å². The van der Waals surface area contributed by atoms with E-state index in [1.807, 2.05) is 17.5 Å². The number of thiophene rings is 1. The second-order valence-electron chi connectivity index (χ2n) is 3.85. The van der Waals surface area contributed by atoms with Crippen molar-refractivity contribution in [1.29, 1.82) is 0 Å². The van der Waals surface area contributed by atoms with Gasteiger partial charge in [-0.25, -0.2) is 4.98 Å². The molecule has 2 rings (SSSR count). The van der Waals surface area contributed by atoms with Gasteiger partial charge in [-0.3, -0.25) is 4.90 Å². The second-order valence-corrected chi connectivity index (χ2v) is 6.37. The average Bonchev–Trinajstić information content (AvgIpc) is 2.76. The van der Waals surface area contributed by atoms with Crippen LogP contribution in [0.4, 0.5) is 5.13 Å². The third-order valence-electron chi connectivity index (χ3n) is 2.22. The predicted octanol–water partition coefficient (Wildman–Crippen LogP) is 3.15. The van der Waals surface area contributed by atoms with Gasteiger partial charge >= 0.3 is 0 Å². The number of rotatable bonds is 4. The first-order valence-electron chi connectivity index (χ1n) is 5.07. The van der Waals surface area contributed by atoms with Crippen LogP contribution in [0.2, 0.25) is 0 Å². The minimum Gasteiger partial charge on any atom is -0.375 e. The second kappa shape index (κ2) is 6.35. The number of nitrogen functional groups attached to an aromatic ring is 1. The zero-order chi connectivity index (χ0) is 11.5. The maximum absolute atomic E-state index is 5.60. The summed E-state index contributed by atoms with van der Waals surface area (Å²) in [6.07, 6.45) is 1.86. The summed E-state index contributed by atoms with van der Waals surface area (Å²) < 4.78 is 0. The zero-order valence-corrected chi connectivity index (χ0v) is 12.3. The summed E-state index contributed by atoms with van der Waals surface area (Å²) in [6, 6.07) is 4.36. The molecule has 94 valence electrons. The quantitative estimate of drug-likeness (QED) is 0.940. The van der Waals surface area contributed by atoms with Crippen molar-refractivity contribution >= 4 is 40.2 Å². The van der Waals surface area contributed by atoms with Gasteiger partial charge in [0.2, 0.25) is 0 Å². The van der Waals surface area contributed by atoms with Crippen molar-refractivity contribution in [3.05, 3.63) is 33.0 Å². The van der Waals surface area contributed by atoms with Gasteiger partial charge in [0, 0.05) is 33.9 Å². The third kappa shape index (κ3) is 4.27. The molecule has 17 heavy (non-hydrogen) atoms. The Morgan fingerprint density at radius 1 is 1.24 bits per heavy atom. The van der Waals surface area contributed by atoms with E-state index in [0.29, 0.717) is 5.13 Å². The molecule has 0 radical (unpaired) electrons. The van der Waals surface area contributed by atoms with Gasteiger partial charge in [-0.15, -0.1) is 35.1 Å². The van der Waals surface area contributed by atoms with E-state index in [9.17, 15) is 0 Å². The highest BCUT2D eigenvalue weighted by Gasteiger charge is 2.05. The van der Waals surface area contributed by atoms with Crippen molar-refractivity contribution in [3.8, 4) is 0 Å². The van der Waals surface area contributed by atoms with Gasteiger partial charge < -0.3 is 5.73 Å². The Balaban J connectivity index is 0.00000144. The normalized spacial score (nSPS) is 10.5. The van der Waals surface area contributed by atoms with Gasteiger partial charge in [0.25, 0.3) is 0 Å². The van der Waals surface area contributed by atoms with Crippen molar-refractivity contribution in [2.24, 2.45) is 0 Å². The molecule has 0 fully saturated rings. The molecule has 0 bridgehead atoms. The van der Waals surface area contributed by atoms with Crippen LogP contribution in [0.3, 0.4) is 0 Å². The molecule has 2 aromatic heterocycles. The van der Waals surface area contributed by atoms with Gasteiger partial charge in [0.05, 0.1) is 0 Å². The Morgan fingerprint density at radius 3 is 2.47 bits per heavy atom. The summed E-state index contributed by atoms with van der Waals surface area (Å²) in [6.45, 7) is 4.03. The summed E-state index contributed by atoms with van der Waals surface area (Å²) in [5.41, 5.74) is 5.60. The van der Waals surface area contributed by atoms with Crippen LogP contribution in [0, 0.1) is 6.92 Å². The van der Waals surface area contributed by atoms with E-state index in [4.69, 9.17) is 5.73 Å². The standard InChI is InChI=1S/C11H15N3S2.ClH/c1-8-3-4-9(15-8)6-14(2)7-10-5-13-11(12)16-10;/h3-5H,6-7H2,1-2H3,(H2,12,13);1H. The van der Waals surface area contributed by atoms with E-state index >= 15 is 0 Å². The smallest absolute Gasteiger partial charge is 0.180 e. The Hall–Kier alpha value is -0.620. The molecule has 0 spiro atoms. The highest BCUT2D eigenvalue weighted by molar-refractivity contribution is 7.15. The molecule has 2 aromatic rings. The number of anilines is 1. The minimum atomic E-state index is 0. The van der Waals surface area contributed by atoms with Crippen LogP contribution >= 0.6 is 35.1 Å². The Labute approximate surface area is 116 Å². The Morgan fingerprint density at radius 2 is 1.94 bits per heavy atom. The maximum Gasteiger partial charge on any atom is 0.180 e. The average molecular weight is 290 g/mol. The molecule has 0 aromatic carbocycles. The Kier molecular flexibility index (Phi) is 5.39. The number of hydrogen-bond donors (Lipinski definition) is 1. The van der Waals surface area contributed by atoms with Crippen LogP contribution in [-0.4, -0.2) is 16.9 Å². The van der Waals surface area contributed by atoms with Gasteiger partial charge in [-0.05, 0) is 26.1 Å². The molecule has 3 nitrogen and oxygen atoms in total. The lowest BCUT2D eigenvalue weighted by molar-refractivity contribution is 0.325. The number of nitrogens with two attached hydrogens (primary N) is 1. The lowest BCUT2D eigenvalue weighted by atomic mass is 10.4. The highest BCUT2D eigenvalue weighted by Crippen LogP contribution is 2.20. The van der Waals surface area contributed by atoms with Crippen LogP contribution in [-0.2, 0) is 13.1 Å². The Bertz CT molecular complexity index is 424. The van der Waals surface area contributed by atoms with Crippen molar-refractivity contribution in [2.45, 2.75) is 20.0 Å². The van der Waals surface area contributed by atoms with Gasteiger partial charge in [0.1, 0.15) is 0 Å². The van der Waals surface area contributed by atoms with E-state index in [0.717, 1.165) is 13.1 Å². The van der Waals surface area contributed by atoms with Crippen LogP contribution in [0.1, 0.15) is 14.6 Å². The van der Waals surface area contributed by atoms with Crippen molar-refractivity contribution in [3.63, 3.8) is 0 Å². The number of thiazole rings is 1. The highest BCUT2D eigenvalue weighted by atomic mass is 35.5. The minimum absolute atomic E-state index is 0. The van der Waals surface area contributed by atoms with Crippen LogP contribution < -0.4 is 5.73 Å².